The molecule has 0 spiro atoms. The Kier molecular flexibility index (Phi) is 4.37. The zero-order valence-electron chi connectivity index (χ0n) is 13.5. The Balaban J connectivity index is 1.64. The lowest BCUT2D eigenvalue weighted by Gasteiger charge is -2.07. The number of benzene rings is 2. The van der Waals surface area contributed by atoms with Crippen molar-refractivity contribution in [2.24, 2.45) is 0 Å². The van der Waals surface area contributed by atoms with Gasteiger partial charge < -0.3 is 9.72 Å². The van der Waals surface area contributed by atoms with Crippen LogP contribution in [-0.2, 0) is 0 Å². The fraction of sp³-hybridized carbons (Fsp3) is 0. The molecule has 2 aromatic carbocycles. The number of nitrogens with one attached hydrogen (secondary N) is 1. The van der Waals surface area contributed by atoms with Gasteiger partial charge in [-0.2, -0.15) is 0 Å². The number of fused-ring (bicyclic) bond motifs is 1. The third-order valence-corrected chi connectivity index (χ3v) is 4.50. The van der Waals surface area contributed by atoms with E-state index in [0.29, 0.717) is 21.3 Å². The maximum Gasteiger partial charge on any atom is 0.257 e. The monoisotopic (exact) mass is 381 g/mol. The molecule has 0 aliphatic heterocycles. The van der Waals surface area contributed by atoms with E-state index in [0.717, 1.165) is 16.9 Å². The maximum atomic E-state index is 12.4. The summed E-state index contributed by atoms with van der Waals surface area (Å²) in [5, 5.41) is 3.93. The quantitative estimate of drug-likeness (QED) is 0.504. The Hall–Kier alpha value is -2.82. The lowest BCUT2D eigenvalue weighted by atomic mass is 10.1. The number of hydrogen-bond donors (Lipinski definition) is 1. The summed E-state index contributed by atoms with van der Waals surface area (Å²) in [7, 11) is 0. The van der Waals surface area contributed by atoms with Gasteiger partial charge in [0.2, 0.25) is 0 Å². The first-order valence-corrected chi connectivity index (χ1v) is 8.66. The highest BCUT2D eigenvalue weighted by atomic mass is 35.5. The number of nitrogens with zero attached hydrogens (tertiary/aromatic N) is 2. The molecule has 4 aromatic rings. The number of aromatic nitrogens is 2. The minimum absolute atomic E-state index is 0.255. The SMILES string of the molecule is O=C(Nc1cccc(-c2cn3cc(Cl)ccc3n2)c1)c1ccccc1Cl. The standard InChI is InChI=1S/C20H13Cl2N3O/c21-14-8-9-19-24-18(12-25(19)11-14)13-4-3-5-15(10-13)23-20(26)16-6-1-2-7-17(16)22/h1-12H,(H,23,26). The number of anilines is 1. The lowest BCUT2D eigenvalue weighted by molar-refractivity contribution is 0.102. The summed E-state index contributed by atoms with van der Waals surface area (Å²) in [6, 6.07) is 18.1. The van der Waals surface area contributed by atoms with E-state index in [2.05, 4.69) is 10.3 Å². The summed E-state index contributed by atoms with van der Waals surface area (Å²) in [6.45, 7) is 0. The van der Waals surface area contributed by atoms with Gasteiger partial charge in [-0.3, -0.25) is 4.79 Å². The Morgan fingerprint density at radius 3 is 2.65 bits per heavy atom. The zero-order chi connectivity index (χ0) is 18.1. The molecule has 0 saturated heterocycles. The van der Waals surface area contributed by atoms with Crippen LogP contribution in [0.15, 0.2) is 73.1 Å². The van der Waals surface area contributed by atoms with E-state index in [1.165, 1.54) is 0 Å². The van der Waals surface area contributed by atoms with Crippen molar-refractivity contribution in [2.45, 2.75) is 0 Å². The number of carbonyl (C=O) groups excluding carboxylic acids is 1. The Morgan fingerprint density at radius 1 is 0.962 bits per heavy atom. The molecule has 0 bridgehead atoms. The van der Waals surface area contributed by atoms with E-state index >= 15 is 0 Å². The van der Waals surface area contributed by atoms with E-state index in [9.17, 15) is 4.79 Å². The number of halogens is 2. The highest BCUT2D eigenvalue weighted by Gasteiger charge is 2.11. The average Bonchev–Trinajstić information content (AvgIpc) is 3.05. The van der Waals surface area contributed by atoms with Crippen LogP contribution in [0.3, 0.4) is 0 Å². The van der Waals surface area contributed by atoms with Crippen LogP contribution in [0.25, 0.3) is 16.9 Å². The largest absolute Gasteiger partial charge is 0.322 e. The van der Waals surface area contributed by atoms with Gasteiger partial charge in [0.1, 0.15) is 5.65 Å². The molecule has 0 aliphatic rings. The third-order valence-electron chi connectivity index (χ3n) is 3.95. The van der Waals surface area contributed by atoms with Gasteiger partial charge in [0.25, 0.3) is 5.91 Å². The van der Waals surface area contributed by atoms with Gasteiger partial charge >= 0.3 is 0 Å². The van der Waals surface area contributed by atoms with Crippen LogP contribution in [0.4, 0.5) is 5.69 Å². The van der Waals surface area contributed by atoms with Crippen molar-refractivity contribution in [1.29, 1.82) is 0 Å². The summed E-state index contributed by atoms with van der Waals surface area (Å²) in [5.74, 6) is -0.255. The Bertz CT molecular complexity index is 1120. The normalized spacial score (nSPS) is 10.8. The molecule has 4 nitrogen and oxygen atoms in total. The summed E-state index contributed by atoms with van der Waals surface area (Å²) >= 11 is 12.1. The van der Waals surface area contributed by atoms with Crippen LogP contribution in [0.1, 0.15) is 10.4 Å². The number of carbonyl (C=O) groups is 1. The van der Waals surface area contributed by atoms with E-state index in [1.807, 2.05) is 40.9 Å². The second-order valence-electron chi connectivity index (χ2n) is 5.75. The van der Waals surface area contributed by atoms with Crippen LogP contribution >= 0.6 is 23.2 Å². The second kappa shape index (κ2) is 6.83. The number of imidazole rings is 1. The smallest absolute Gasteiger partial charge is 0.257 e. The van der Waals surface area contributed by atoms with Crippen molar-refractivity contribution in [3.8, 4) is 11.3 Å². The van der Waals surface area contributed by atoms with Crippen molar-refractivity contribution in [2.75, 3.05) is 5.32 Å². The van der Waals surface area contributed by atoms with Gasteiger partial charge in [0, 0.05) is 23.6 Å². The zero-order valence-corrected chi connectivity index (χ0v) is 15.0. The van der Waals surface area contributed by atoms with Gasteiger partial charge in [-0.25, -0.2) is 4.98 Å². The predicted molar refractivity (Wildman–Crippen MR) is 105 cm³/mol. The van der Waals surface area contributed by atoms with E-state index < -0.39 is 0 Å². The first-order valence-electron chi connectivity index (χ1n) is 7.91. The van der Waals surface area contributed by atoms with Crippen LogP contribution in [0.5, 0.6) is 0 Å². The fourth-order valence-electron chi connectivity index (χ4n) is 2.70. The molecule has 0 fully saturated rings. The van der Waals surface area contributed by atoms with Gasteiger partial charge in [-0.15, -0.1) is 0 Å². The molecule has 0 radical (unpaired) electrons. The summed E-state index contributed by atoms with van der Waals surface area (Å²) in [6.07, 6.45) is 3.70. The Morgan fingerprint density at radius 2 is 1.81 bits per heavy atom. The number of rotatable bonds is 3. The van der Waals surface area contributed by atoms with Crippen LogP contribution in [0.2, 0.25) is 10.0 Å². The molecule has 26 heavy (non-hydrogen) atoms. The van der Waals surface area contributed by atoms with Crippen molar-refractivity contribution in [3.05, 3.63) is 88.7 Å². The second-order valence-corrected chi connectivity index (χ2v) is 6.60. The maximum absolute atomic E-state index is 12.4. The number of amides is 1. The molecule has 128 valence electrons. The van der Waals surface area contributed by atoms with Crippen LogP contribution in [-0.4, -0.2) is 15.3 Å². The highest BCUT2D eigenvalue weighted by molar-refractivity contribution is 6.34. The van der Waals surface area contributed by atoms with Gasteiger partial charge in [0.05, 0.1) is 21.3 Å². The van der Waals surface area contributed by atoms with Crippen molar-refractivity contribution >= 4 is 40.4 Å². The summed E-state index contributed by atoms with van der Waals surface area (Å²) in [4.78, 5) is 17.0. The molecular weight excluding hydrogens is 369 g/mol. The molecule has 0 saturated carbocycles. The molecule has 2 aromatic heterocycles. The molecule has 6 heteroatoms. The molecule has 0 atom stereocenters. The summed E-state index contributed by atoms with van der Waals surface area (Å²) < 4.78 is 1.87. The first kappa shape index (κ1) is 16.6. The highest BCUT2D eigenvalue weighted by Crippen LogP contribution is 2.24. The van der Waals surface area contributed by atoms with Gasteiger partial charge in [0.15, 0.2) is 0 Å². The van der Waals surface area contributed by atoms with E-state index in [1.54, 1.807) is 36.5 Å². The molecule has 0 aliphatic carbocycles. The third kappa shape index (κ3) is 3.29. The summed E-state index contributed by atoms with van der Waals surface area (Å²) in [5.41, 5.74) is 3.59. The minimum atomic E-state index is -0.255. The average molecular weight is 382 g/mol. The Labute approximate surface area is 160 Å². The fourth-order valence-corrected chi connectivity index (χ4v) is 3.09. The van der Waals surface area contributed by atoms with Crippen LogP contribution in [0, 0.1) is 0 Å². The van der Waals surface area contributed by atoms with Crippen molar-refractivity contribution in [1.82, 2.24) is 9.38 Å². The molecule has 4 rings (SSSR count). The van der Waals surface area contributed by atoms with E-state index in [4.69, 9.17) is 23.2 Å². The van der Waals surface area contributed by atoms with Gasteiger partial charge in [-0.1, -0.05) is 47.5 Å². The van der Waals surface area contributed by atoms with Crippen molar-refractivity contribution in [3.63, 3.8) is 0 Å². The van der Waals surface area contributed by atoms with E-state index in [-0.39, 0.29) is 5.91 Å². The number of pyridine rings is 1. The first-order chi connectivity index (χ1) is 12.6. The lowest BCUT2D eigenvalue weighted by Crippen LogP contribution is -2.12. The molecular formula is C20H13Cl2N3O. The number of hydrogen-bond acceptors (Lipinski definition) is 2. The molecule has 1 amide bonds. The van der Waals surface area contributed by atoms with Crippen LogP contribution < -0.4 is 5.32 Å². The molecule has 0 unspecified atom stereocenters. The predicted octanol–water partition coefficient (Wildman–Crippen LogP) is 5.56. The minimum Gasteiger partial charge on any atom is -0.322 e. The molecule has 2 heterocycles. The molecule has 1 N–H and O–H groups in total. The van der Waals surface area contributed by atoms with Crippen molar-refractivity contribution < 1.29 is 4.79 Å². The van der Waals surface area contributed by atoms with Gasteiger partial charge in [-0.05, 0) is 36.4 Å². The topological polar surface area (TPSA) is 46.4 Å².